The van der Waals surface area contributed by atoms with E-state index in [0.29, 0.717) is 47.8 Å². The number of aliphatic hydroxyl groups excluding tert-OH is 1. The normalized spacial score (nSPS) is 12.7. The number of ether oxygens (including phenoxy) is 3. The zero-order valence-electron chi connectivity index (χ0n) is 19.7. The van der Waals surface area contributed by atoms with E-state index in [9.17, 15) is 9.90 Å². The maximum atomic E-state index is 11.3. The fraction of sp³-hybridized carbons (Fsp3) is 0.333. The fourth-order valence-corrected chi connectivity index (χ4v) is 3.79. The quantitative estimate of drug-likeness (QED) is 0.418. The molecule has 0 radical (unpaired) electrons. The lowest BCUT2D eigenvalue weighted by Gasteiger charge is -2.25. The second-order valence-electron chi connectivity index (χ2n) is 8.07. The van der Waals surface area contributed by atoms with Crippen molar-refractivity contribution < 1.29 is 29.2 Å². The van der Waals surface area contributed by atoms with Crippen molar-refractivity contribution in [2.24, 2.45) is 0 Å². The Morgan fingerprint density at radius 2 is 1.68 bits per heavy atom. The van der Waals surface area contributed by atoms with E-state index in [1.54, 1.807) is 44.7 Å². The van der Waals surface area contributed by atoms with Gasteiger partial charge in [0.05, 0.1) is 33.4 Å². The van der Waals surface area contributed by atoms with Gasteiger partial charge in [0.1, 0.15) is 17.6 Å². The van der Waals surface area contributed by atoms with Gasteiger partial charge in [-0.3, -0.25) is 9.78 Å². The molecule has 0 saturated carbocycles. The maximum Gasteiger partial charge on any atom is 0.307 e. The van der Waals surface area contributed by atoms with E-state index in [-0.39, 0.29) is 6.42 Å². The summed E-state index contributed by atoms with van der Waals surface area (Å²) in [4.78, 5) is 15.3. The molecular weight excluding hydrogens is 434 g/mol. The molecule has 2 atom stereocenters. The van der Waals surface area contributed by atoms with Crippen LogP contribution in [0.2, 0.25) is 0 Å². The molecular formula is C27H31NO6. The second kappa shape index (κ2) is 12.2. The number of nitrogens with zero attached hydrogens (tertiary/aromatic N) is 1. The standard InChI is InChI=1S/C27H31NO6/c1-18-23(32-2)14-21(15-24(18)33-3)27(31)25(34-12-11-19-7-5-4-6-8-19)16-22-10-9-20(17-28-22)13-26(29)30/h4-10,14-15,17,25,27,31H,11-13,16H2,1-3H3,(H,29,30)/t25-,27+/m0/s1. The van der Waals surface area contributed by atoms with E-state index in [0.717, 1.165) is 11.1 Å². The molecule has 34 heavy (non-hydrogen) atoms. The lowest BCUT2D eigenvalue weighted by atomic mass is 9.98. The van der Waals surface area contributed by atoms with Crippen LogP contribution in [0, 0.1) is 6.92 Å². The van der Waals surface area contributed by atoms with Crippen LogP contribution < -0.4 is 9.47 Å². The van der Waals surface area contributed by atoms with Gasteiger partial charge in [-0.15, -0.1) is 0 Å². The van der Waals surface area contributed by atoms with Crippen LogP contribution in [-0.4, -0.2) is 48.1 Å². The van der Waals surface area contributed by atoms with Crippen LogP contribution in [0.5, 0.6) is 11.5 Å². The third-order valence-corrected chi connectivity index (χ3v) is 5.69. The van der Waals surface area contributed by atoms with Crippen LogP contribution in [0.1, 0.15) is 34.1 Å². The Hall–Kier alpha value is -3.42. The van der Waals surface area contributed by atoms with E-state index < -0.39 is 18.2 Å². The summed E-state index contributed by atoms with van der Waals surface area (Å²) in [5.41, 5.74) is 3.92. The number of aliphatic hydroxyl groups is 1. The molecule has 0 fully saturated rings. The summed E-state index contributed by atoms with van der Waals surface area (Å²) in [6.07, 6.45) is 0.973. The minimum atomic E-state index is -0.959. The summed E-state index contributed by atoms with van der Waals surface area (Å²) in [6.45, 7) is 2.31. The molecule has 3 rings (SSSR count). The van der Waals surface area contributed by atoms with Crippen molar-refractivity contribution >= 4 is 5.97 Å². The summed E-state index contributed by atoms with van der Waals surface area (Å²) in [5, 5.41) is 20.3. The third-order valence-electron chi connectivity index (χ3n) is 5.69. The summed E-state index contributed by atoms with van der Waals surface area (Å²) in [6, 6.07) is 17.1. The van der Waals surface area contributed by atoms with E-state index >= 15 is 0 Å². The number of carboxylic acids is 1. The minimum absolute atomic E-state index is 0.0874. The zero-order chi connectivity index (χ0) is 24.5. The molecule has 0 aliphatic heterocycles. The van der Waals surface area contributed by atoms with Crippen molar-refractivity contribution in [2.45, 2.75) is 38.4 Å². The first-order chi connectivity index (χ1) is 16.4. The Kier molecular flexibility index (Phi) is 9.01. The first-order valence-corrected chi connectivity index (χ1v) is 11.1. The van der Waals surface area contributed by atoms with Crippen LogP contribution in [-0.2, 0) is 28.8 Å². The molecule has 7 heteroatoms. The van der Waals surface area contributed by atoms with Gasteiger partial charge in [-0.05, 0) is 48.2 Å². The molecule has 0 unspecified atom stereocenters. The van der Waals surface area contributed by atoms with Crippen molar-refractivity contribution in [1.82, 2.24) is 4.98 Å². The largest absolute Gasteiger partial charge is 0.496 e. The Labute approximate surface area is 200 Å². The van der Waals surface area contributed by atoms with Crippen LogP contribution in [0.4, 0.5) is 0 Å². The monoisotopic (exact) mass is 465 g/mol. The number of carboxylic acid groups (broad SMARTS) is 1. The molecule has 0 aliphatic carbocycles. The summed E-state index contributed by atoms with van der Waals surface area (Å²) in [5.74, 6) is 0.328. The number of hydrogen-bond acceptors (Lipinski definition) is 6. The Morgan fingerprint density at radius 1 is 1.00 bits per heavy atom. The van der Waals surface area contributed by atoms with E-state index in [4.69, 9.17) is 19.3 Å². The molecule has 180 valence electrons. The zero-order valence-corrected chi connectivity index (χ0v) is 19.7. The highest BCUT2D eigenvalue weighted by molar-refractivity contribution is 5.69. The molecule has 0 spiro atoms. The van der Waals surface area contributed by atoms with Gasteiger partial charge < -0.3 is 24.4 Å². The number of hydrogen-bond donors (Lipinski definition) is 2. The molecule has 2 aromatic carbocycles. The van der Waals surface area contributed by atoms with Crippen molar-refractivity contribution in [3.05, 3.63) is 88.7 Å². The van der Waals surface area contributed by atoms with E-state index in [2.05, 4.69) is 4.98 Å². The van der Waals surface area contributed by atoms with Gasteiger partial charge in [0.2, 0.25) is 0 Å². The highest BCUT2D eigenvalue weighted by atomic mass is 16.5. The maximum absolute atomic E-state index is 11.3. The van der Waals surface area contributed by atoms with Gasteiger partial charge in [0.15, 0.2) is 0 Å². The number of methoxy groups -OCH3 is 2. The van der Waals surface area contributed by atoms with Gasteiger partial charge in [-0.2, -0.15) is 0 Å². The van der Waals surface area contributed by atoms with E-state index in [1.165, 1.54) is 0 Å². The van der Waals surface area contributed by atoms with Crippen molar-refractivity contribution in [3.8, 4) is 11.5 Å². The number of aromatic nitrogens is 1. The van der Waals surface area contributed by atoms with Crippen LogP contribution >= 0.6 is 0 Å². The summed E-state index contributed by atoms with van der Waals surface area (Å²) >= 11 is 0. The highest BCUT2D eigenvalue weighted by Gasteiger charge is 2.25. The highest BCUT2D eigenvalue weighted by Crippen LogP contribution is 2.34. The minimum Gasteiger partial charge on any atom is -0.496 e. The Balaban J connectivity index is 1.82. The average Bonchev–Trinajstić information content (AvgIpc) is 2.84. The molecule has 0 bridgehead atoms. The summed E-state index contributed by atoms with van der Waals surface area (Å²) < 4.78 is 17.1. The molecule has 1 aromatic heterocycles. The van der Waals surface area contributed by atoms with Crippen LogP contribution in [0.25, 0.3) is 0 Å². The van der Waals surface area contributed by atoms with Gasteiger partial charge in [0, 0.05) is 23.9 Å². The van der Waals surface area contributed by atoms with Gasteiger partial charge >= 0.3 is 5.97 Å². The van der Waals surface area contributed by atoms with Crippen molar-refractivity contribution in [3.63, 3.8) is 0 Å². The number of pyridine rings is 1. The van der Waals surface area contributed by atoms with Crippen molar-refractivity contribution in [1.29, 1.82) is 0 Å². The van der Waals surface area contributed by atoms with Crippen LogP contribution in [0.3, 0.4) is 0 Å². The number of carbonyl (C=O) groups is 1. The fourth-order valence-electron chi connectivity index (χ4n) is 3.79. The molecule has 3 aromatic rings. The van der Waals surface area contributed by atoms with E-state index in [1.807, 2.05) is 37.3 Å². The second-order valence-corrected chi connectivity index (χ2v) is 8.07. The lowest BCUT2D eigenvalue weighted by Crippen LogP contribution is -2.26. The Bertz CT molecular complexity index is 1040. The first kappa shape index (κ1) is 25.2. The smallest absolute Gasteiger partial charge is 0.307 e. The topological polar surface area (TPSA) is 98.1 Å². The van der Waals surface area contributed by atoms with Crippen molar-refractivity contribution in [2.75, 3.05) is 20.8 Å². The SMILES string of the molecule is COc1cc([C@@H](O)[C@H](Cc2ccc(CC(=O)O)cn2)OCCc2ccccc2)cc(OC)c1C. The number of aliphatic carboxylic acids is 1. The van der Waals surface area contributed by atoms with Gasteiger partial charge in [-0.25, -0.2) is 0 Å². The predicted molar refractivity (Wildman–Crippen MR) is 128 cm³/mol. The van der Waals surface area contributed by atoms with Gasteiger partial charge in [-0.1, -0.05) is 36.4 Å². The molecule has 0 saturated heterocycles. The average molecular weight is 466 g/mol. The lowest BCUT2D eigenvalue weighted by molar-refractivity contribution is -0.136. The molecule has 0 aliphatic rings. The summed E-state index contributed by atoms with van der Waals surface area (Å²) in [7, 11) is 3.16. The molecule has 1 heterocycles. The number of rotatable bonds is 12. The van der Waals surface area contributed by atoms with Crippen LogP contribution in [0.15, 0.2) is 60.8 Å². The molecule has 0 amide bonds. The first-order valence-electron chi connectivity index (χ1n) is 11.1. The third kappa shape index (κ3) is 6.79. The molecule has 2 N–H and O–H groups in total. The van der Waals surface area contributed by atoms with Gasteiger partial charge in [0.25, 0.3) is 0 Å². The predicted octanol–water partition coefficient (Wildman–Crippen LogP) is 3.94. The number of benzene rings is 2. The Morgan fingerprint density at radius 3 is 2.24 bits per heavy atom. The molecule has 7 nitrogen and oxygen atoms in total.